The van der Waals surface area contributed by atoms with E-state index < -0.39 is 0 Å². The lowest BCUT2D eigenvalue weighted by Crippen LogP contribution is -2.36. The summed E-state index contributed by atoms with van der Waals surface area (Å²) in [5, 5.41) is 6.75. The van der Waals surface area contributed by atoms with Gasteiger partial charge in [0.05, 0.1) is 0 Å². The third-order valence-corrected chi connectivity index (χ3v) is 5.13. The third-order valence-electron chi connectivity index (χ3n) is 5.13. The van der Waals surface area contributed by atoms with Crippen LogP contribution in [-0.2, 0) is 13.1 Å². The zero-order valence-corrected chi connectivity index (χ0v) is 19.3. The number of aliphatic imine (C=N–C) groups is 1. The van der Waals surface area contributed by atoms with Crippen molar-refractivity contribution < 1.29 is 0 Å². The van der Waals surface area contributed by atoms with E-state index >= 15 is 0 Å². The standard InChI is InChI=1S/C22H31N5.HI/c1-18-9-5-6-10-20(18)17-26-22(23-2)25-16-19-11-12-21(24-15-19)27-13-7-3-4-8-14-27;/h5-6,9-12,15H,3-4,7-8,13-14,16-17H2,1-2H3,(H2,23,25,26);1H. The number of aryl methyl sites for hydroxylation is 1. The van der Waals surface area contributed by atoms with Crippen LogP contribution in [0.4, 0.5) is 5.82 Å². The molecule has 1 aromatic heterocycles. The van der Waals surface area contributed by atoms with Crippen LogP contribution < -0.4 is 15.5 Å². The van der Waals surface area contributed by atoms with E-state index in [-0.39, 0.29) is 24.0 Å². The quantitative estimate of drug-likeness (QED) is 0.372. The average molecular weight is 493 g/mol. The second-order valence-electron chi connectivity index (χ2n) is 7.13. The van der Waals surface area contributed by atoms with Crippen molar-refractivity contribution in [2.75, 3.05) is 25.0 Å². The topological polar surface area (TPSA) is 52.6 Å². The predicted octanol–water partition coefficient (Wildman–Crippen LogP) is 4.25. The van der Waals surface area contributed by atoms with Crippen molar-refractivity contribution in [2.24, 2.45) is 4.99 Å². The molecule has 0 aliphatic carbocycles. The number of hydrogen-bond donors (Lipinski definition) is 2. The number of hydrogen-bond acceptors (Lipinski definition) is 3. The first-order valence-electron chi connectivity index (χ1n) is 9.95. The smallest absolute Gasteiger partial charge is 0.191 e. The van der Waals surface area contributed by atoms with Crippen molar-refractivity contribution in [3.8, 4) is 0 Å². The third kappa shape index (κ3) is 6.65. The molecule has 0 spiro atoms. The van der Waals surface area contributed by atoms with E-state index in [1.807, 2.05) is 6.20 Å². The number of benzene rings is 1. The van der Waals surface area contributed by atoms with Gasteiger partial charge in [-0.05, 0) is 42.5 Å². The van der Waals surface area contributed by atoms with Crippen molar-refractivity contribution >= 4 is 35.8 Å². The van der Waals surface area contributed by atoms with Crippen LogP contribution in [0.25, 0.3) is 0 Å². The predicted molar refractivity (Wildman–Crippen MR) is 129 cm³/mol. The fraction of sp³-hybridized carbons (Fsp3) is 0.455. The molecular weight excluding hydrogens is 461 g/mol. The SMILES string of the molecule is CN=C(NCc1ccc(N2CCCCCC2)nc1)NCc1ccccc1C.I. The maximum atomic E-state index is 4.68. The minimum atomic E-state index is 0. The van der Waals surface area contributed by atoms with Crippen molar-refractivity contribution in [1.29, 1.82) is 0 Å². The Kier molecular flexibility index (Phi) is 9.54. The summed E-state index contributed by atoms with van der Waals surface area (Å²) in [5.41, 5.74) is 3.73. The highest BCUT2D eigenvalue weighted by Crippen LogP contribution is 2.17. The summed E-state index contributed by atoms with van der Waals surface area (Å²) < 4.78 is 0. The van der Waals surface area contributed by atoms with Crippen LogP contribution in [0.2, 0.25) is 0 Å². The molecule has 2 heterocycles. The lowest BCUT2D eigenvalue weighted by Gasteiger charge is -2.21. The van der Waals surface area contributed by atoms with Gasteiger partial charge in [-0.3, -0.25) is 4.99 Å². The van der Waals surface area contributed by atoms with Crippen LogP contribution in [0, 0.1) is 6.92 Å². The van der Waals surface area contributed by atoms with E-state index in [0.717, 1.165) is 37.0 Å². The zero-order valence-electron chi connectivity index (χ0n) is 16.9. The summed E-state index contributed by atoms with van der Waals surface area (Å²) in [5.74, 6) is 1.90. The second-order valence-corrected chi connectivity index (χ2v) is 7.13. The average Bonchev–Trinajstić information content (AvgIpc) is 2.99. The van der Waals surface area contributed by atoms with Gasteiger partial charge in [-0.2, -0.15) is 0 Å². The number of halogens is 1. The van der Waals surface area contributed by atoms with E-state index in [4.69, 9.17) is 0 Å². The Bertz CT molecular complexity index is 737. The summed E-state index contributed by atoms with van der Waals surface area (Å²) in [6.07, 6.45) is 7.20. The molecule has 1 aliphatic rings. The zero-order chi connectivity index (χ0) is 18.9. The summed E-state index contributed by atoms with van der Waals surface area (Å²) >= 11 is 0. The van der Waals surface area contributed by atoms with Crippen molar-refractivity contribution in [1.82, 2.24) is 15.6 Å². The van der Waals surface area contributed by atoms with Crippen molar-refractivity contribution in [2.45, 2.75) is 45.7 Å². The van der Waals surface area contributed by atoms with Gasteiger partial charge in [-0.1, -0.05) is 43.2 Å². The summed E-state index contributed by atoms with van der Waals surface area (Å²) in [6, 6.07) is 12.7. The van der Waals surface area contributed by atoms with Gasteiger partial charge in [0.25, 0.3) is 0 Å². The molecule has 2 N–H and O–H groups in total. The molecule has 1 fully saturated rings. The van der Waals surface area contributed by atoms with Crippen LogP contribution in [-0.4, -0.2) is 31.1 Å². The molecule has 0 atom stereocenters. The highest BCUT2D eigenvalue weighted by Gasteiger charge is 2.10. The Labute approximate surface area is 186 Å². The van der Waals surface area contributed by atoms with Gasteiger partial charge in [-0.15, -0.1) is 24.0 Å². The number of pyridine rings is 1. The van der Waals surface area contributed by atoms with Gasteiger partial charge in [0.2, 0.25) is 0 Å². The van der Waals surface area contributed by atoms with E-state index in [2.05, 4.69) is 68.8 Å². The van der Waals surface area contributed by atoms with Gasteiger partial charge >= 0.3 is 0 Å². The minimum absolute atomic E-state index is 0. The molecule has 28 heavy (non-hydrogen) atoms. The Morgan fingerprint density at radius 1 is 1.00 bits per heavy atom. The molecule has 0 amide bonds. The fourth-order valence-corrected chi connectivity index (χ4v) is 3.40. The lowest BCUT2D eigenvalue weighted by molar-refractivity contribution is 0.726. The summed E-state index contributed by atoms with van der Waals surface area (Å²) in [7, 11) is 1.80. The largest absolute Gasteiger partial charge is 0.357 e. The first-order valence-corrected chi connectivity index (χ1v) is 9.95. The number of anilines is 1. The first-order chi connectivity index (χ1) is 13.3. The Hall–Kier alpha value is -1.83. The van der Waals surface area contributed by atoms with E-state index in [9.17, 15) is 0 Å². The molecule has 0 unspecified atom stereocenters. The monoisotopic (exact) mass is 493 g/mol. The van der Waals surface area contributed by atoms with Crippen molar-refractivity contribution in [3.63, 3.8) is 0 Å². The van der Waals surface area contributed by atoms with E-state index in [1.54, 1.807) is 7.05 Å². The number of aromatic nitrogens is 1. The fourth-order valence-electron chi connectivity index (χ4n) is 3.40. The summed E-state index contributed by atoms with van der Waals surface area (Å²) in [4.78, 5) is 11.4. The molecule has 0 saturated carbocycles. The number of rotatable bonds is 5. The Morgan fingerprint density at radius 3 is 2.36 bits per heavy atom. The number of nitrogens with zero attached hydrogens (tertiary/aromatic N) is 3. The Balaban J connectivity index is 0.00000280. The van der Waals surface area contributed by atoms with Gasteiger partial charge < -0.3 is 15.5 Å². The Morgan fingerprint density at radius 2 is 1.71 bits per heavy atom. The molecule has 152 valence electrons. The second kappa shape index (κ2) is 11.9. The molecule has 1 aromatic carbocycles. The van der Waals surface area contributed by atoms with Crippen LogP contribution in [0.3, 0.4) is 0 Å². The van der Waals surface area contributed by atoms with Gasteiger partial charge in [0.15, 0.2) is 5.96 Å². The highest BCUT2D eigenvalue weighted by atomic mass is 127. The maximum Gasteiger partial charge on any atom is 0.191 e. The molecule has 1 saturated heterocycles. The lowest BCUT2D eigenvalue weighted by atomic mass is 10.1. The molecule has 3 rings (SSSR count). The number of nitrogens with one attached hydrogen (secondary N) is 2. The van der Waals surface area contributed by atoms with E-state index in [0.29, 0.717) is 6.54 Å². The molecule has 0 radical (unpaired) electrons. The van der Waals surface area contributed by atoms with Crippen molar-refractivity contribution in [3.05, 3.63) is 59.3 Å². The van der Waals surface area contributed by atoms with Crippen LogP contribution in [0.1, 0.15) is 42.4 Å². The molecule has 6 heteroatoms. The molecular formula is C22H32IN5. The van der Waals surface area contributed by atoms with Crippen LogP contribution >= 0.6 is 24.0 Å². The molecule has 5 nitrogen and oxygen atoms in total. The number of guanidine groups is 1. The van der Waals surface area contributed by atoms with Crippen LogP contribution in [0.5, 0.6) is 0 Å². The molecule has 1 aliphatic heterocycles. The molecule has 0 bridgehead atoms. The normalized spacial score (nSPS) is 14.8. The summed E-state index contributed by atoms with van der Waals surface area (Å²) in [6.45, 7) is 5.85. The molecule has 2 aromatic rings. The maximum absolute atomic E-state index is 4.68. The highest BCUT2D eigenvalue weighted by molar-refractivity contribution is 14.0. The van der Waals surface area contributed by atoms with Gasteiger partial charge in [0, 0.05) is 39.4 Å². The van der Waals surface area contributed by atoms with Gasteiger partial charge in [-0.25, -0.2) is 4.98 Å². The van der Waals surface area contributed by atoms with Gasteiger partial charge in [0.1, 0.15) is 5.82 Å². The van der Waals surface area contributed by atoms with E-state index in [1.165, 1.54) is 36.8 Å². The van der Waals surface area contributed by atoms with Crippen LogP contribution in [0.15, 0.2) is 47.6 Å². The first kappa shape index (κ1) is 22.5. The minimum Gasteiger partial charge on any atom is -0.357 e.